The maximum Gasteiger partial charge on any atom is 0.310 e. The van der Waals surface area contributed by atoms with Crippen LogP contribution in [0.1, 0.15) is 58.2 Å². The molecule has 0 N–H and O–H groups in total. The molecule has 0 atom stereocenters. The van der Waals surface area contributed by atoms with Gasteiger partial charge in [0.15, 0.2) is 8.32 Å². The predicted molar refractivity (Wildman–Crippen MR) is 120 cm³/mol. The van der Waals surface area contributed by atoms with Crippen LogP contribution in [0.15, 0.2) is 30.7 Å². The molecule has 5 nitrogen and oxygen atoms in total. The number of nitrogens with zero attached hydrogens (tertiary/aromatic N) is 2. The molecule has 2 rings (SSSR count). The number of aryl methyl sites for hydroxylation is 1. The molecule has 0 unspecified atom stereocenters. The first kappa shape index (κ1) is 23.4. The van der Waals surface area contributed by atoms with Crippen molar-refractivity contribution in [3.8, 4) is 5.82 Å². The highest BCUT2D eigenvalue weighted by atomic mass is 28.4. The maximum atomic E-state index is 12.4. The average Bonchev–Trinajstić information content (AvgIpc) is 2.97. The van der Waals surface area contributed by atoms with Crippen LogP contribution in [0.4, 0.5) is 0 Å². The molecule has 0 aromatic carbocycles. The number of carbonyl (C=O) groups excluding carboxylic acids is 1. The minimum atomic E-state index is -1.92. The lowest BCUT2D eigenvalue weighted by molar-refractivity contribution is -0.153. The molecule has 2 aromatic rings. The lowest BCUT2D eigenvalue weighted by Gasteiger charge is -2.36. The molecule has 0 saturated carbocycles. The van der Waals surface area contributed by atoms with E-state index < -0.39 is 13.9 Å². The van der Waals surface area contributed by atoms with Gasteiger partial charge in [-0.3, -0.25) is 4.79 Å². The Morgan fingerprint density at radius 1 is 1.14 bits per heavy atom. The van der Waals surface area contributed by atoms with Crippen molar-refractivity contribution in [2.24, 2.45) is 0 Å². The Hall–Kier alpha value is -1.92. The lowest BCUT2D eigenvalue weighted by Crippen LogP contribution is -2.40. The maximum absolute atomic E-state index is 12.4. The molecule has 0 aliphatic rings. The first-order chi connectivity index (χ1) is 13.2. The number of aromatic nitrogens is 2. The van der Waals surface area contributed by atoms with E-state index in [4.69, 9.17) is 9.16 Å². The Morgan fingerprint density at radius 2 is 1.79 bits per heavy atom. The van der Waals surface area contributed by atoms with E-state index in [1.807, 2.05) is 49.9 Å². The largest absolute Gasteiger partial charge is 0.460 e. The van der Waals surface area contributed by atoms with Crippen LogP contribution < -0.4 is 0 Å². The molecule has 0 saturated heterocycles. The molecule has 0 fully saturated rings. The van der Waals surface area contributed by atoms with Crippen LogP contribution in [0.5, 0.6) is 0 Å². The quantitative estimate of drug-likeness (QED) is 0.455. The fourth-order valence-corrected chi connectivity index (χ4v) is 3.55. The van der Waals surface area contributed by atoms with E-state index >= 15 is 0 Å². The minimum Gasteiger partial charge on any atom is -0.460 e. The summed E-state index contributed by atoms with van der Waals surface area (Å²) >= 11 is 0. The second kappa shape index (κ2) is 8.44. The molecule has 160 valence electrons. The first-order valence-corrected chi connectivity index (χ1v) is 13.1. The van der Waals surface area contributed by atoms with Gasteiger partial charge in [-0.05, 0) is 74.7 Å². The van der Waals surface area contributed by atoms with Gasteiger partial charge in [0.25, 0.3) is 0 Å². The van der Waals surface area contributed by atoms with E-state index in [0.717, 1.165) is 16.9 Å². The Labute approximate surface area is 176 Å². The van der Waals surface area contributed by atoms with E-state index in [0.29, 0.717) is 6.61 Å². The number of hydrogen-bond acceptors (Lipinski definition) is 4. The molecule has 29 heavy (non-hydrogen) atoms. The zero-order valence-corrected chi connectivity index (χ0v) is 20.4. The third kappa shape index (κ3) is 6.54. The number of esters is 1. The van der Waals surface area contributed by atoms with Crippen LogP contribution in [-0.4, -0.2) is 29.4 Å². The molecule has 2 aromatic heterocycles. The van der Waals surface area contributed by atoms with Crippen molar-refractivity contribution in [2.75, 3.05) is 0 Å². The van der Waals surface area contributed by atoms with E-state index in [1.54, 1.807) is 6.20 Å². The van der Waals surface area contributed by atoms with Gasteiger partial charge < -0.3 is 13.7 Å². The number of ether oxygens (including phenoxy) is 1. The Kier molecular flexibility index (Phi) is 6.80. The third-order valence-electron chi connectivity index (χ3n) is 5.32. The van der Waals surface area contributed by atoms with Gasteiger partial charge in [-0.1, -0.05) is 20.8 Å². The zero-order chi connectivity index (χ0) is 22.0. The average molecular weight is 417 g/mol. The summed E-state index contributed by atoms with van der Waals surface area (Å²) in [6, 6.07) is 4.06. The van der Waals surface area contributed by atoms with Gasteiger partial charge in [0, 0.05) is 18.6 Å². The van der Waals surface area contributed by atoms with Crippen molar-refractivity contribution >= 4 is 14.3 Å². The van der Waals surface area contributed by atoms with Gasteiger partial charge in [-0.15, -0.1) is 0 Å². The number of pyridine rings is 1. The van der Waals surface area contributed by atoms with Gasteiger partial charge in [0.05, 0.1) is 13.0 Å². The minimum absolute atomic E-state index is 0.117. The van der Waals surface area contributed by atoms with Gasteiger partial charge in [-0.2, -0.15) is 0 Å². The highest BCUT2D eigenvalue weighted by molar-refractivity contribution is 6.74. The molecular weight excluding hydrogens is 380 g/mol. The van der Waals surface area contributed by atoms with E-state index in [9.17, 15) is 4.79 Å². The molecule has 0 spiro atoms. The molecule has 0 aliphatic carbocycles. The Bertz CT molecular complexity index is 858. The van der Waals surface area contributed by atoms with Crippen molar-refractivity contribution in [3.63, 3.8) is 0 Å². The highest BCUT2D eigenvalue weighted by Gasteiger charge is 2.37. The standard InChI is InChI=1S/C23H36N2O3Si/c1-17-10-11-25(15-17)20-12-19(16-27-29(8,9)23(5,6)7)18(14-24-20)13-21(26)28-22(2,3)4/h10-12,14-15H,13,16H2,1-9H3. The van der Waals surface area contributed by atoms with Crippen LogP contribution in [0.25, 0.3) is 5.82 Å². The molecule has 0 radical (unpaired) electrons. The summed E-state index contributed by atoms with van der Waals surface area (Å²) in [5.41, 5.74) is 2.50. The monoisotopic (exact) mass is 416 g/mol. The smallest absolute Gasteiger partial charge is 0.310 e. The van der Waals surface area contributed by atoms with Gasteiger partial charge in [0.2, 0.25) is 0 Å². The van der Waals surface area contributed by atoms with Crippen molar-refractivity contribution in [1.82, 2.24) is 9.55 Å². The highest BCUT2D eigenvalue weighted by Crippen LogP contribution is 2.37. The Morgan fingerprint density at radius 3 is 2.31 bits per heavy atom. The van der Waals surface area contributed by atoms with Crippen molar-refractivity contribution < 1.29 is 14.0 Å². The van der Waals surface area contributed by atoms with Gasteiger partial charge in [0.1, 0.15) is 11.4 Å². The number of carbonyl (C=O) groups is 1. The van der Waals surface area contributed by atoms with Crippen LogP contribution in [0.2, 0.25) is 18.1 Å². The lowest BCUT2D eigenvalue weighted by atomic mass is 10.1. The summed E-state index contributed by atoms with van der Waals surface area (Å²) in [5.74, 6) is 0.567. The summed E-state index contributed by atoms with van der Waals surface area (Å²) in [7, 11) is -1.92. The second-order valence-corrected chi connectivity index (χ2v) is 15.0. The topological polar surface area (TPSA) is 53.4 Å². The third-order valence-corrected chi connectivity index (χ3v) is 9.80. The van der Waals surface area contributed by atoms with E-state index in [1.165, 1.54) is 5.56 Å². The molecule has 0 amide bonds. The van der Waals surface area contributed by atoms with E-state index in [2.05, 4.69) is 45.8 Å². The summed E-state index contributed by atoms with van der Waals surface area (Å²) in [6.07, 6.45) is 5.99. The summed E-state index contributed by atoms with van der Waals surface area (Å²) in [5, 5.41) is 0.117. The molecule has 2 heterocycles. The van der Waals surface area contributed by atoms with Crippen LogP contribution >= 0.6 is 0 Å². The van der Waals surface area contributed by atoms with Crippen molar-refractivity contribution in [3.05, 3.63) is 47.4 Å². The molecule has 0 bridgehead atoms. The SMILES string of the molecule is Cc1ccn(-c2cc(CO[Si](C)(C)C(C)(C)C)c(CC(=O)OC(C)(C)C)cn2)c1. The summed E-state index contributed by atoms with van der Waals surface area (Å²) in [6.45, 7) is 19.3. The summed E-state index contributed by atoms with van der Waals surface area (Å²) < 4.78 is 13.9. The van der Waals surface area contributed by atoms with Crippen molar-refractivity contribution in [2.45, 2.75) is 85.2 Å². The van der Waals surface area contributed by atoms with Crippen LogP contribution in [-0.2, 0) is 27.0 Å². The van der Waals surface area contributed by atoms with Crippen LogP contribution in [0.3, 0.4) is 0 Å². The fraction of sp³-hybridized carbons (Fsp3) is 0.565. The van der Waals surface area contributed by atoms with Crippen molar-refractivity contribution in [1.29, 1.82) is 0 Å². The molecule has 0 aliphatic heterocycles. The number of rotatable bonds is 6. The normalized spacial score (nSPS) is 12.9. The van der Waals surface area contributed by atoms with Gasteiger partial charge in [-0.25, -0.2) is 4.98 Å². The zero-order valence-electron chi connectivity index (χ0n) is 19.4. The predicted octanol–water partition coefficient (Wildman–Crippen LogP) is 5.59. The summed E-state index contributed by atoms with van der Waals surface area (Å²) in [4.78, 5) is 17.0. The molecule has 6 heteroatoms. The molecular formula is C23H36N2O3Si. The van der Waals surface area contributed by atoms with Crippen LogP contribution in [0, 0.1) is 6.92 Å². The van der Waals surface area contributed by atoms with Gasteiger partial charge >= 0.3 is 5.97 Å². The first-order valence-electron chi connectivity index (χ1n) is 10.2. The Balaban J connectivity index is 2.33. The fourth-order valence-electron chi connectivity index (χ4n) is 2.60. The van der Waals surface area contributed by atoms with E-state index in [-0.39, 0.29) is 17.4 Å². The number of hydrogen-bond donors (Lipinski definition) is 0. The second-order valence-electron chi connectivity index (χ2n) is 10.2.